The van der Waals surface area contributed by atoms with Crippen LogP contribution < -0.4 is 11.1 Å². The van der Waals surface area contributed by atoms with Crippen LogP contribution in [0.5, 0.6) is 0 Å². The Hall–Kier alpha value is -2.45. The minimum absolute atomic E-state index is 0.0164. The van der Waals surface area contributed by atoms with Gasteiger partial charge in [0.15, 0.2) is 0 Å². The second-order valence-electron chi connectivity index (χ2n) is 11.5. The van der Waals surface area contributed by atoms with Crippen LogP contribution in [0.15, 0.2) is 18.5 Å². The standard InChI is InChI=1S/C25H31ClN6O2/c1-12(27)24(34)31-9-17-13-4-15(22(17)18(13)10-31)23(33)30-21-5-14(19(26)8-28-21)16-7-29-32-11-25(2,3)6-20(16)32/h5,7-8,12-13,15,17-18,22H,4,6,9-11,27H2,1-3H3,(H,28,30,33)/t12-,13?,15?,17-,18+,22?/m0/s1. The average Bonchev–Trinajstić information content (AvgIpc) is 3.53. The number of piperidine rings is 2. The summed E-state index contributed by atoms with van der Waals surface area (Å²) in [5.74, 6) is 2.21. The van der Waals surface area contributed by atoms with Crippen LogP contribution >= 0.6 is 11.6 Å². The first-order chi connectivity index (χ1) is 16.1. The lowest BCUT2D eigenvalue weighted by Crippen LogP contribution is -2.61. The number of pyridine rings is 1. The number of hydrogen-bond acceptors (Lipinski definition) is 5. The molecule has 0 spiro atoms. The van der Waals surface area contributed by atoms with E-state index in [1.54, 1.807) is 13.1 Å². The second kappa shape index (κ2) is 7.52. The highest BCUT2D eigenvalue weighted by Gasteiger charge is 2.65. The summed E-state index contributed by atoms with van der Waals surface area (Å²) in [5, 5.41) is 8.17. The van der Waals surface area contributed by atoms with Gasteiger partial charge in [0, 0.05) is 48.6 Å². The molecule has 6 aliphatic rings. The Morgan fingerprint density at radius 2 is 1.94 bits per heavy atom. The van der Waals surface area contributed by atoms with Gasteiger partial charge in [0.05, 0.1) is 17.3 Å². The molecule has 2 saturated heterocycles. The maximum absolute atomic E-state index is 13.3. The first-order valence-corrected chi connectivity index (χ1v) is 12.6. The van der Waals surface area contributed by atoms with Crippen molar-refractivity contribution in [1.82, 2.24) is 19.7 Å². The van der Waals surface area contributed by atoms with Gasteiger partial charge < -0.3 is 16.0 Å². The van der Waals surface area contributed by atoms with Crippen molar-refractivity contribution in [2.45, 2.75) is 46.2 Å². The van der Waals surface area contributed by atoms with Crippen molar-refractivity contribution < 1.29 is 9.59 Å². The number of anilines is 1. The summed E-state index contributed by atoms with van der Waals surface area (Å²) in [7, 11) is 0. The van der Waals surface area contributed by atoms with Gasteiger partial charge in [-0.3, -0.25) is 14.3 Å². The molecule has 2 amide bonds. The smallest absolute Gasteiger partial charge is 0.239 e. The van der Waals surface area contributed by atoms with E-state index in [-0.39, 0.29) is 23.1 Å². The maximum atomic E-state index is 13.3. The zero-order valence-electron chi connectivity index (χ0n) is 19.8. The molecule has 8 rings (SSSR count). The monoisotopic (exact) mass is 482 g/mol. The van der Waals surface area contributed by atoms with E-state index in [0.717, 1.165) is 43.6 Å². The summed E-state index contributed by atoms with van der Waals surface area (Å²) in [5.41, 5.74) is 8.99. The summed E-state index contributed by atoms with van der Waals surface area (Å²) < 4.78 is 2.05. The highest BCUT2D eigenvalue weighted by molar-refractivity contribution is 6.33. The largest absolute Gasteiger partial charge is 0.341 e. The summed E-state index contributed by atoms with van der Waals surface area (Å²) in [6.07, 6.45) is 5.29. The van der Waals surface area contributed by atoms with E-state index < -0.39 is 6.04 Å². The van der Waals surface area contributed by atoms with Crippen molar-refractivity contribution in [1.29, 1.82) is 0 Å². The number of nitrogens with zero attached hydrogens (tertiary/aromatic N) is 4. The highest BCUT2D eigenvalue weighted by atomic mass is 35.5. The van der Waals surface area contributed by atoms with Gasteiger partial charge in [-0.1, -0.05) is 25.4 Å². The predicted molar refractivity (Wildman–Crippen MR) is 129 cm³/mol. The van der Waals surface area contributed by atoms with E-state index in [9.17, 15) is 9.59 Å². The number of carbonyl (C=O) groups excluding carboxylic acids is 2. The number of nitrogens with two attached hydrogens (primary N) is 1. The number of amides is 2. The fourth-order valence-electron chi connectivity index (χ4n) is 7.11. The van der Waals surface area contributed by atoms with Gasteiger partial charge in [-0.2, -0.15) is 5.10 Å². The number of halogens is 1. The van der Waals surface area contributed by atoms with Crippen molar-refractivity contribution in [2.75, 3.05) is 18.4 Å². The van der Waals surface area contributed by atoms with Crippen molar-refractivity contribution in [3.63, 3.8) is 0 Å². The Labute approximate surface area is 204 Å². The zero-order valence-corrected chi connectivity index (χ0v) is 20.5. The Bertz CT molecular complexity index is 1180. The lowest BCUT2D eigenvalue weighted by Gasteiger charge is -2.54. The summed E-state index contributed by atoms with van der Waals surface area (Å²) in [6, 6.07) is 1.40. The van der Waals surface area contributed by atoms with Crippen LogP contribution in [0.25, 0.3) is 11.1 Å². The molecule has 3 N–H and O–H groups in total. The molecule has 34 heavy (non-hydrogen) atoms. The Kier molecular flexibility index (Phi) is 4.88. The molecular weight excluding hydrogens is 452 g/mol. The van der Waals surface area contributed by atoms with Gasteiger partial charge in [0.1, 0.15) is 5.82 Å². The molecule has 5 fully saturated rings. The van der Waals surface area contributed by atoms with Gasteiger partial charge >= 0.3 is 0 Å². The summed E-state index contributed by atoms with van der Waals surface area (Å²) in [4.78, 5) is 31.9. The zero-order chi connectivity index (χ0) is 23.9. The molecule has 6 atom stereocenters. The van der Waals surface area contributed by atoms with Crippen molar-refractivity contribution in [3.8, 4) is 11.1 Å². The van der Waals surface area contributed by atoms with Crippen molar-refractivity contribution >= 4 is 29.2 Å². The molecule has 4 bridgehead atoms. The number of carbonyl (C=O) groups is 2. The molecule has 3 aliphatic carbocycles. The maximum Gasteiger partial charge on any atom is 0.239 e. The molecule has 3 unspecified atom stereocenters. The quantitative estimate of drug-likeness (QED) is 0.697. The van der Waals surface area contributed by atoms with Gasteiger partial charge in [0.25, 0.3) is 0 Å². The second-order valence-corrected chi connectivity index (χ2v) is 11.9. The van der Waals surface area contributed by atoms with Crippen LogP contribution in [0, 0.1) is 35.0 Å². The van der Waals surface area contributed by atoms with E-state index in [1.165, 1.54) is 5.69 Å². The Morgan fingerprint density at radius 3 is 2.65 bits per heavy atom. The van der Waals surface area contributed by atoms with Crippen LogP contribution in [0.2, 0.25) is 5.02 Å². The topological polar surface area (TPSA) is 106 Å². The molecule has 0 radical (unpaired) electrons. The molecule has 2 aromatic heterocycles. The fourth-order valence-corrected chi connectivity index (χ4v) is 7.32. The number of aromatic nitrogens is 3. The molecule has 0 aromatic carbocycles. The SMILES string of the molecule is C[C@H](N)C(=O)N1C[C@@H]2C3CC(C(=O)Nc4cc(-c5cnn6c5CC(C)(C)C6)c(Cl)cn4)C2[C@H]3C1. The lowest BCUT2D eigenvalue weighted by atomic mass is 9.59. The van der Waals surface area contributed by atoms with Gasteiger partial charge in [-0.15, -0.1) is 0 Å². The lowest BCUT2D eigenvalue weighted by molar-refractivity contribution is -0.146. The number of hydrogen-bond donors (Lipinski definition) is 2. The van der Waals surface area contributed by atoms with Crippen LogP contribution in [-0.4, -0.2) is 50.6 Å². The van der Waals surface area contributed by atoms with Crippen LogP contribution in [0.1, 0.15) is 32.9 Å². The Balaban J connectivity index is 1.17. The minimum Gasteiger partial charge on any atom is -0.341 e. The van der Waals surface area contributed by atoms with Gasteiger partial charge in [-0.05, 0) is 54.9 Å². The fraction of sp³-hybridized carbons (Fsp3) is 0.600. The van der Waals surface area contributed by atoms with Crippen molar-refractivity contribution in [2.24, 2.45) is 40.7 Å². The highest BCUT2D eigenvalue weighted by Crippen LogP contribution is 2.63. The van der Waals surface area contributed by atoms with E-state index in [4.69, 9.17) is 17.3 Å². The van der Waals surface area contributed by atoms with Gasteiger partial charge in [0.2, 0.25) is 11.8 Å². The van der Waals surface area contributed by atoms with Crippen LogP contribution in [0.4, 0.5) is 5.82 Å². The average molecular weight is 483 g/mol. The third-order valence-electron chi connectivity index (χ3n) is 8.55. The molecule has 3 saturated carbocycles. The molecule has 180 valence electrons. The third-order valence-corrected chi connectivity index (χ3v) is 8.85. The predicted octanol–water partition coefficient (Wildman–Crippen LogP) is 2.81. The number of rotatable bonds is 4. The minimum atomic E-state index is -0.470. The molecule has 3 aliphatic heterocycles. The molecule has 5 heterocycles. The summed E-state index contributed by atoms with van der Waals surface area (Å²) >= 11 is 6.53. The van der Waals surface area contributed by atoms with Crippen LogP contribution in [0.3, 0.4) is 0 Å². The first kappa shape index (κ1) is 22.0. The van der Waals surface area contributed by atoms with E-state index in [0.29, 0.717) is 34.5 Å². The molecule has 2 aromatic rings. The number of fused-ring (bicyclic) bond motifs is 4. The van der Waals surface area contributed by atoms with E-state index >= 15 is 0 Å². The first-order valence-electron chi connectivity index (χ1n) is 12.2. The molecular formula is C25H31ClN6O2. The van der Waals surface area contributed by atoms with E-state index in [1.807, 2.05) is 21.8 Å². The normalized spacial score (nSPS) is 31.1. The van der Waals surface area contributed by atoms with Crippen molar-refractivity contribution in [3.05, 3.63) is 29.2 Å². The van der Waals surface area contributed by atoms with E-state index in [2.05, 4.69) is 29.2 Å². The summed E-state index contributed by atoms with van der Waals surface area (Å²) in [6.45, 7) is 8.54. The Morgan fingerprint density at radius 1 is 1.21 bits per heavy atom. The molecule has 8 nitrogen and oxygen atoms in total. The number of nitrogens with one attached hydrogen (secondary N) is 1. The van der Waals surface area contributed by atoms with Crippen LogP contribution in [-0.2, 0) is 22.6 Å². The van der Waals surface area contributed by atoms with Gasteiger partial charge in [-0.25, -0.2) is 4.98 Å². The molecule has 9 heteroatoms. The third kappa shape index (κ3) is 3.29.